The van der Waals surface area contributed by atoms with Gasteiger partial charge in [0.25, 0.3) is 5.56 Å². The van der Waals surface area contributed by atoms with Crippen LogP contribution in [0.5, 0.6) is 0 Å². The first-order chi connectivity index (χ1) is 16.5. The minimum atomic E-state index is -0.0285. The zero-order valence-corrected chi connectivity index (χ0v) is 20.3. The van der Waals surface area contributed by atoms with Gasteiger partial charge in [0.2, 0.25) is 5.95 Å². The first-order valence-corrected chi connectivity index (χ1v) is 11.9. The Morgan fingerprint density at radius 2 is 1.56 bits per heavy atom. The first-order valence-electron chi connectivity index (χ1n) is 11.1. The van der Waals surface area contributed by atoms with Crippen molar-refractivity contribution in [2.24, 2.45) is 0 Å². The van der Waals surface area contributed by atoms with Crippen molar-refractivity contribution in [3.63, 3.8) is 0 Å². The molecule has 172 valence electrons. The van der Waals surface area contributed by atoms with Crippen LogP contribution >= 0.6 is 23.2 Å². The van der Waals surface area contributed by atoms with Crippen LogP contribution in [0.2, 0.25) is 10.0 Å². The lowest BCUT2D eigenvalue weighted by Gasteiger charge is -2.38. The van der Waals surface area contributed by atoms with Gasteiger partial charge >= 0.3 is 0 Å². The van der Waals surface area contributed by atoms with Crippen molar-refractivity contribution in [3.8, 4) is 0 Å². The molecular formula is C27H24Cl2N4O. The van der Waals surface area contributed by atoms with Crippen molar-refractivity contribution in [2.45, 2.75) is 26.6 Å². The van der Waals surface area contributed by atoms with E-state index in [2.05, 4.69) is 17.0 Å². The van der Waals surface area contributed by atoms with Crippen LogP contribution in [0.4, 0.5) is 11.6 Å². The van der Waals surface area contributed by atoms with E-state index < -0.39 is 0 Å². The fraction of sp³-hybridized carbons (Fsp3) is 0.185. The predicted octanol–water partition coefficient (Wildman–Crippen LogP) is 6.02. The van der Waals surface area contributed by atoms with Gasteiger partial charge in [0.05, 0.1) is 29.7 Å². The van der Waals surface area contributed by atoms with Crippen LogP contribution in [0.15, 0.2) is 83.7 Å². The zero-order valence-electron chi connectivity index (χ0n) is 18.8. The van der Waals surface area contributed by atoms with E-state index in [-0.39, 0.29) is 5.56 Å². The maximum Gasteiger partial charge on any atom is 0.259 e. The van der Waals surface area contributed by atoms with Crippen LogP contribution < -0.4 is 10.5 Å². The second kappa shape index (κ2) is 9.63. The lowest BCUT2D eigenvalue weighted by atomic mass is 10.1. The molecule has 1 aromatic heterocycles. The molecule has 0 amide bonds. The summed E-state index contributed by atoms with van der Waals surface area (Å²) in [7, 11) is 0. The summed E-state index contributed by atoms with van der Waals surface area (Å²) < 4.78 is 1.75. The Bertz CT molecular complexity index is 1370. The summed E-state index contributed by atoms with van der Waals surface area (Å²) in [6.07, 6.45) is 0.541. The smallest absolute Gasteiger partial charge is 0.259 e. The molecule has 0 radical (unpaired) electrons. The summed E-state index contributed by atoms with van der Waals surface area (Å²) in [5.41, 5.74) is 4.43. The Labute approximate surface area is 208 Å². The summed E-state index contributed by atoms with van der Waals surface area (Å²) >= 11 is 12.8. The number of aryl methyl sites for hydroxylation is 1. The van der Waals surface area contributed by atoms with Crippen LogP contribution in [0.25, 0.3) is 0 Å². The van der Waals surface area contributed by atoms with Crippen molar-refractivity contribution in [1.29, 1.82) is 0 Å². The average Bonchev–Trinajstić information content (AvgIpc) is 2.83. The zero-order chi connectivity index (χ0) is 23.7. The molecular weight excluding hydrogens is 467 g/mol. The topological polar surface area (TPSA) is 41.4 Å². The SMILES string of the molecule is Cc1nc2n(c(=O)c1Cc1ccccc1)CN(Cc1ccccc1)CN2c1ccc(Cl)cc1Cl. The fourth-order valence-electron chi connectivity index (χ4n) is 4.36. The predicted molar refractivity (Wildman–Crippen MR) is 138 cm³/mol. The minimum absolute atomic E-state index is 0.0285. The highest BCUT2D eigenvalue weighted by atomic mass is 35.5. The molecule has 0 bridgehead atoms. The van der Waals surface area contributed by atoms with E-state index in [4.69, 9.17) is 28.2 Å². The van der Waals surface area contributed by atoms with Gasteiger partial charge in [0.15, 0.2) is 0 Å². The first kappa shape index (κ1) is 22.7. The Balaban J connectivity index is 1.60. The molecule has 0 aliphatic carbocycles. The molecule has 3 aromatic carbocycles. The summed E-state index contributed by atoms with van der Waals surface area (Å²) in [6.45, 7) is 3.58. The maximum absolute atomic E-state index is 13.8. The van der Waals surface area contributed by atoms with Gasteiger partial charge in [-0.25, -0.2) is 4.98 Å². The van der Waals surface area contributed by atoms with Gasteiger partial charge in [0, 0.05) is 23.6 Å². The number of benzene rings is 3. The highest BCUT2D eigenvalue weighted by Crippen LogP contribution is 2.35. The number of anilines is 2. The van der Waals surface area contributed by atoms with Crippen molar-refractivity contribution in [1.82, 2.24) is 14.5 Å². The largest absolute Gasteiger partial charge is 0.297 e. The third kappa shape index (κ3) is 4.60. The number of rotatable bonds is 5. The van der Waals surface area contributed by atoms with Gasteiger partial charge < -0.3 is 0 Å². The van der Waals surface area contributed by atoms with Crippen LogP contribution in [0.1, 0.15) is 22.4 Å². The number of aromatic nitrogens is 2. The molecule has 0 atom stereocenters. The number of hydrogen-bond acceptors (Lipinski definition) is 4. The molecule has 5 nitrogen and oxygen atoms in total. The normalized spacial score (nSPS) is 13.7. The van der Waals surface area contributed by atoms with Crippen molar-refractivity contribution >= 4 is 34.8 Å². The molecule has 0 spiro atoms. The van der Waals surface area contributed by atoms with Gasteiger partial charge in [-0.1, -0.05) is 83.9 Å². The number of halogens is 2. The summed E-state index contributed by atoms with van der Waals surface area (Å²) in [5, 5.41) is 1.08. The van der Waals surface area contributed by atoms with E-state index in [0.717, 1.165) is 16.9 Å². The molecule has 0 fully saturated rings. The van der Waals surface area contributed by atoms with Gasteiger partial charge in [-0.15, -0.1) is 0 Å². The molecule has 0 unspecified atom stereocenters. The van der Waals surface area contributed by atoms with Crippen molar-refractivity contribution < 1.29 is 0 Å². The molecule has 34 heavy (non-hydrogen) atoms. The molecule has 2 heterocycles. The van der Waals surface area contributed by atoms with Crippen molar-refractivity contribution in [3.05, 3.63) is 122 Å². The molecule has 4 aromatic rings. The Kier molecular flexibility index (Phi) is 6.42. The maximum atomic E-state index is 13.8. The van der Waals surface area contributed by atoms with E-state index >= 15 is 0 Å². The second-order valence-corrected chi connectivity index (χ2v) is 9.34. The fourth-order valence-corrected chi connectivity index (χ4v) is 4.87. The van der Waals surface area contributed by atoms with Gasteiger partial charge in [-0.2, -0.15) is 0 Å². The standard InChI is InChI=1S/C27H24Cl2N4O/c1-19-23(14-20-8-4-2-5-9-20)26(34)33-18-31(16-21-10-6-3-7-11-21)17-32(27(33)30-19)25-13-12-22(28)15-24(25)29/h2-13,15H,14,16-18H2,1H3. The lowest BCUT2D eigenvalue weighted by Crippen LogP contribution is -2.47. The van der Waals surface area contributed by atoms with Crippen LogP contribution in [0.3, 0.4) is 0 Å². The summed E-state index contributed by atoms with van der Waals surface area (Å²) in [4.78, 5) is 22.9. The van der Waals surface area contributed by atoms with E-state index in [0.29, 0.717) is 47.9 Å². The lowest BCUT2D eigenvalue weighted by molar-refractivity contribution is 0.190. The highest BCUT2D eigenvalue weighted by Gasteiger charge is 2.29. The molecule has 5 rings (SSSR count). The van der Waals surface area contributed by atoms with E-state index in [1.165, 1.54) is 5.56 Å². The summed E-state index contributed by atoms with van der Waals surface area (Å²) in [6, 6.07) is 25.6. The Morgan fingerprint density at radius 3 is 2.24 bits per heavy atom. The molecule has 1 aliphatic heterocycles. The van der Waals surface area contributed by atoms with Crippen LogP contribution in [-0.4, -0.2) is 21.1 Å². The summed E-state index contributed by atoms with van der Waals surface area (Å²) in [5.74, 6) is 0.591. The number of fused-ring (bicyclic) bond motifs is 1. The quantitative estimate of drug-likeness (QED) is 0.343. The molecule has 1 aliphatic rings. The average molecular weight is 491 g/mol. The monoisotopic (exact) mass is 490 g/mol. The van der Waals surface area contributed by atoms with Gasteiger partial charge in [0.1, 0.15) is 0 Å². The Morgan fingerprint density at radius 1 is 0.882 bits per heavy atom. The second-order valence-electron chi connectivity index (χ2n) is 8.49. The minimum Gasteiger partial charge on any atom is -0.297 e. The van der Waals surface area contributed by atoms with Gasteiger partial charge in [-0.3, -0.25) is 19.2 Å². The Hall–Kier alpha value is -3.12. The number of hydrogen-bond donors (Lipinski definition) is 0. The molecule has 7 heteroatoms. The van der Waals surface area contributed by atoms with E-state index in [1.807, 2.05) is 66.4 Å². The third-order valence-electron chi connectivity index (χ3n) is 6.05. The van der Waals surface area contributed by atoms with Crippen LogP contribution in [-0.2, 0) is 19.6 Å². The van der Waals surface area contributed by atoms with Crippen molar-refractivity contribution in [2.75, 3.05) is 11.6 Å². The van der Waals surface area contributed by atoms with E-state index in [9.17, 15) is 4.79 Å². The molecule has 0 saturated carbocycles. The molecule has 0 N–H and O–H groups in total. The van der Waals surface area contributed by atoms with Gasteiger partial charge in [-0.05, 0) is 36.2 Å². The molecule has 0 saturated heterocycles. The highest BCUT2D eigenvalue weighted by molar-refractivity contribution is 6.36. The van der Waals surface area contributed by atoms with E-state index in [1.54, 1.807) is 16.7 Å². The van der Waals surface area contributed by atoms with Crippen LogP contribution in [0, 0.1) is 6.92 Å². The third-order valence-corrected chi connectivity index (χ3v) is 6.58. The number of nitrogens with zero attached hydrogens (tertiary/aromatic N) is 4.